The average molecular weight is 563 g/mol. The second-order valence-corrected chi connectivity index (χ2v) is 8.78. The fourth-order valence-corrected chi connectivity index (χ4v) is 3.76. The smallest absolute Gasteiger partial charge is 0.254 e. The van der Waals surface area contributed by atoms with Gasteiger partial charge in [-0.1, -0.05) is 18.2 Å². The molecular weight excluding hydrogens is 533 g/mol. The Labute approximate surface area is 208 Å². The van der Waals surface area contributed by atoms with Crippen LogP contribution < -0.4 is 14.9 Å². The van der Waals surface area contributed by atoms with E-state index in [0.717, 1.165) is 29.8 Å². The minimum Gasteiger partial charge on any atom is -0.490 e. The number of benzene rings is 2. The third-order valence-corrected chi connectivity index (χ3v) is 5.71. The topological polar surface area (TPSA) is 72.4 Å². The van der Waals surface area contributed by atoms with Crippen molar-refractivity contribution < 1.29 is 19.0 Å². The molecule has 0 spiro atoms. The molecule has 7 nitrogen and oxygen atoms in total. The first kappa shape index (κ1) is 25.2. The lowest BCUT2D eigenvalue weighted by atomic mass is 10.1. The summed E-state index contributed by atoms with van der Waals surface area (Å²) in [5, 5.41) is 4.14. The molecule has 2 aromatic rings. The number of hydrogen-bond donors (Lipinski definition) is 1. The summed E-state index contributed by atoms with van der Waals surface area (Å²) in [6.45, 7) is 9.86. The standard InChI is InChI=1S/C25H30IN3O4/c1-3-5-21-14-20(16-27-28-24(30)17-29-10-12-31-13-11-29)15-23(32-4-2)25(21)33-18-19-6-8-22(26)9-7-19/h3,6-9,14-16H,1,4-5,10-13,17-18H2,2H3,(H,28,30)/b27-16+. The second kappa shape index (κ2) is 13.3. The lowest BCUT2D eigenvalue weighted by Gasteiger charge is -2.25. The Balaban J connectivity index is 1.70. The van der Waals surface area contributed by atoms with Crippen LogP contribution in [0.15, 0.2) is 54.2 Å². The fourth-order valence-electron chi connectivity index (χ4n) is 3.40. The number of hydrogen-bond acceptors (Lipinski definition) is 6. The quantitative estimate of drug-likeness (QED) is 0.195. The lowest BCUT2D eigenvalue weighted by molar-refractivity contribution is -0.123. The maximum Gasteiger partial charge on any atom is 0.254 e. The molecule has 176 valence electrons. The second-order valence-electron chi connectivity index (χ2n) is 7.53. The Hall–Kier alpha value is -2.43. The third-order valence-electron chi connectivity index (χ3n) is 4.99. The first-order chi connectivity index (χ1) is 16.1. The SMILES string of the molecule is C=CCc1cc(/C=N/NC(=O)CN2CCOCC2)cc(OCC)c1OCc1ccc(I)cc1. The van der Waals surface area contributed by atoms with Gasteiger partial charge in [-0.05, 0) is 71.3 Å². The van der Waals surface area contributed by atoms with Gasteiger partial charge in [-0.15, -0.1) is 6.58 Å². The van der Waals surface area contributed by atoms with Crippen molar-refractivity contribution in [3.8, 4) is 11.5 Å². The van der Waals surface area contributed by atoms with Crippen LogP contribution in [0.4, 0.5) is 0 Å². The third kappa shape index (κ3) is 8.13. The van der Waals surface area contributed by atoms with E-state index in [9.17, 15) is 4.79 Å². The molecule has 0 aliphatic carbocycles. The van der Waals surface area contributed by atoms with Gasteiger partial charge in [0, 0.05) is 22.2 Å². The lowest BCUT2D eigenvalue weighted by Crippen LogP contribution is -2.42. The molecule has 0 radical (unpaired) electrons. The Bertz CT molecular complexity index is 957. The number of carbonyl (C=O) groups is 1. The molecule has 1 amide bonds. The van der Waals surface area contributed by atoms with Gasteiger partial charge in [0.2, 0.25) is 0 Å². The molecule has 1 N–H and O–H groups in total. The largest absolute Gasteiger partial charge is 0.490 e. The Morgan fingerprint density at radius 2 is 2.00 bits per heavy atom. The molecule has 33 heavy (non-hydrogen) atoms. The first-order valence-electron chi connectivity index (χ1n) is 11.0. The van der Waals surface area contributed by atoms with Crippen LogP contribution in [0, 0.1) is 3.57 Å². The van der Waals surface area contributed by atoms with Gasteiger partial charge in [-0.25, -0.2) is 5.43 Å². The van der Waals surface area contributed by atoms with E-state index < -0.39 is 0 Å². The van der Waals surface area contributed by atoms with Gasteiger partial charge in [0.05, 0.1) is 32.6 Å². The summed E-state index contributed by atoms with van der Waals surface area (Å²) < 4.78 is 18.5. The molecule has 1 heterocycles. The van der Waals surface area contributed by atoms with E-state index in [1.165, 1.54) is 3.57 Å². The Morgan fingerprint density at radius 3 is 2.70 bits per heavy atom. The summed E-state index contributed by atoms with van der Waals surface area (Å²) in [7, 11) is 0. The van der Waals surface area contributed by atoms with Gasteiger partial charge in [-0.3, -0.25) is 9.69 Å². The molecule has 0 saturated carbocycles. The van der Waals surface area contributed by atoms with Gasteiger partial charge in [0.1, 0.15) is 6.61 Å². The fraction of sp³-hybridized carbons (Fsp3) is 0.360. The van der Waals surface area contributed by atoms with Crippen LogP contribution in [0.3, 0.4) is 0 Å². The molecule has 0 aromatic heterocycles. The molecular formula is C25H30IN3O4. The van der Waals surface area contributed by atoms with Crippen LogP contribution >= 0.6 is 22.6 Å². The van der Waals surface area contributed by atoms with E-state index in [1.54, 1.807) is 6.21 Å². The number of nitrogens with zero attached hydrogens (tertiary/aromatic N) is 2. The van der Waals surface area contributed by atoms with Crippen LogP contribution in [-0.4, -0.2) is 56.5 Å². The van der Waals surface area contributed by atoms with Crippen molar-refractivity contribution in [1.82, 2.24) is 10.3 Å². The maximum atomic E-state index is 12.2. The predicted octanol–water partition coefficient (Wildman–Crippen LogP) is 3.78. The summed E-state index contributed by atoms with van der Waals surface area (Å²) in [6.07, 6.45) is 4.07. The van der Waals surface area contributed by atoms with Crippen molar-refractivity contribution in [1.29, 1.82) is 0 Å². The van der Waals surface area contributed by atoms with Crippen LogP contribution in [-0.2, 0) is 22.6 Å². The van der Waals surface area contributed by atoms with E-state index in [1.807, 2.05) is 30.0 Å². The van der Waals surface area contributed by atoms with Crippen LogP contribution in [0.5, 0.6) is 11.5 Å². The highest BCUT2D eigenvalue weighted by atomic mass is 127. The van der Waals surface area contributed by atoms with E-state index >= 15 is 0 Å². The first-order valence-corrected chi connectivity index (χ1v) is 12.1. The number of nitrogens with one attached hydrogen (secondary N) is 1. The monoisotopic (exact) mass is 563 g/mol. The zero-order valence-electron chi connectivity index (χ0n) is 18.9. The number of ether oxygens (including phenoxy) is 3. The number of halogens is 1. The van der Waals surface area contributed by atoms with Crippen molar-refractivity contribution in [2.75, 3.05) is 39.5 Å². The predicted molar refractivity (Wildman–Crippen MR) is 138 cm³/mol. The van der Waals surface area contributed by atoms with E-state index in [0.29, 0.717) is 50.9 Å². The van der Waals surface area contributed by atoms with Crippen LogP contribution in [0.2, 0.25) is 0 Å². The minimum atomic E-state index is -0.151. The normalized spacial score (nSPS) is 14.2. The minimum absolute atomic E-state index is 0.151. The van der Waals surface area contributed by atoms with Crippen molar-refractivity contribution in [2.24, 2.45) is 5.10 Å². The molecule has 0 bridgehead atoms. The van der Waals surface area contributed by atoms with E-state index in [-0.39, 0.29) is 5.91 Å². The molecule has 0 unspecified atom stereocenters. The van der Waals surface area contributed by atoms with Crippen molar-refractivity contribution in [3.63, 3.8) is 0 Å². The van der Waals surface area contributed by atoms with E-state index in [4.69, 9.17) is 14.2 Å². The molecule has 1 saturated heterocycles. The number of hydrazone groups is 1. The van der Waals surface area contributed by atoms with E-state index in [2.05, 4.69) is 64.0 Å². The van der Waals surface area contributed by atoms with Gasteiger partial charge in [0.25, 0.3) is 5.91 Å². The molecule has 2 aromatic carbocycles. The van der Waals surface area contributed by atoms with Crippen LogP contribution in [0.25, 0.3) is 0 Å². The van der Waals surface area contributed by atoms with Crippen molar-refractivity contribution in [3.05, 3.63) is 69.3 Å². The van der Waals surface area contributed by atoms with Gasteiger partial charge >= 0.3 is 0 Å². The zero-order valence-corrected chi connectivity index (χ0v) is 21.0. The van der Waals surface area contributed by atoms with Crippen LogP contribution in [0.1, 0.15) is 23.6 Å². The summed E-state index contributed by atoms with van der Waals surface area (Å²) in [5.41, 5.74) is 5.44. The summed E-state index contributed by atoms with van der Waals surface area (Å²) in [6, 6.07) is 12.1. The highest BCUT2D eigenvalue weighted by molar-refractivity contribution is 14.1. The Kier molecular flexibility index (Phi) is 10.2. The number of morpholine rings is 1. The zero-order chi connectivity index (χ0) is 23.5. The average Bonchev–Trinajstić information content (AvgIpc) is 2.81. The molecule has 3 rings (SSSR count). The molecule has 1 aliphatic rings. The number of amides is 1. The van der Waals surface area contributed by atoms with Crippen molar-refractivity contribution >= 4 is 34.7 Å². The summed E-state index contributed by atoms with van der Waals surface area (Å²) in [4.78, 5) is 14.2. The van der Waals surface area contributed by atoms with Gasteiger partial charge in [-0.2, -0.15) is 5.10 Å². The van der Waals surface area contributed by atoms with Gasteiger partial charge < -0.3 is 14.2 Å². The highest BCUT2D eigenvalue weighted by Gasteiger charge is 2.15. The molecule has 8 heteroatoms. The Morgan fingerprint density at radius 1 is 1.24 bits per heavy atom. The molecule has 0 atom stereocenters. The number of carbonyl (C=O) groups excluding carboxylic acids is 1. The maximum absolute atomic E-state index is 12.2. The molecule has 1 fully saturated rings. The number of rotatable bonds is 11. The highest BCUT2D eigenvalue weighted by Crippen LogP contribution is 2.34. The summed E-state index contributed by atoms with van der Waals surface area (Å²) >= 11 is 2.28. The number of allylic oxidation sites excluding steroid dienone is 1. The van der Waals surface area contributed by atoms with Crippen molar-refractivity contribution in [2.45, 2.75) is 20.0 Å². The van der Waals surface area contributed by atoms with Gasteiger partial charge in [0.15, 0.2) is 11.5 Å². The summed E-state index contributed by atoms with van der Waals surface area (Å²) in [5.74, 6) is 1.19. The molecule has 1 aliphatic heterocycles.